The number of halogens is 1. The molecule has 1 aliphatic rings. The summed E-state index contributed by atoms with van der Waals surface area (Å²) in [5, 5.41) is 6.80. The number of methoxy groups -OCH3 is 1. The number of morpholine rings is 1. The summed E-state index contributed by atoms with van der Waals surface area (Å²) in [5.74, 6) is 1.39. The van der Waals surface area contributed by atoms with Crippen LogP contribution in [0.25, 0.3) is 0 Å². The number of hydrogen-bond donors (Lipinski definition) is 2. The minimum Gasteiger partial charge on any atom is -0.497 e. The molecule has 3 rings (SSSR count). The van der Waals surface area contributed by atoms with Gasteiger partial charge in [-0.2, -0.15) is 0 Å². The van der Waals surface area contributed by atoms with Crippen LogP contribution in [0.4, 0.5) is 4.39 Å². The highest BCUT2D eigenvalue weighted by atomic mass is 19.1. The highest BCUT2D eigenvalue weighted by Crippen LogP contribution is 2.21. The molecule has 1 saturated heterocycles. The monoisotopic (exact) mass is 414 g/mol. The van der Waals surface area contributed by atoms with E-state index in [0.717, 1.165) is 43.3 Å². The fraction of sp³-hybridized carbons (Fsp3) is 0.435. The molecule has 0 aliphatic carbocycles. The van der Waals surface area contributed by atoms with E-state index in [1.165, 1.54) is 17.7 Å². The van der Waals surface area contributed by atoms with Gasteiger partial charge in [-0.3, -0.25) is 9.89 Å². The average molecular weight is 415 g/mol. The molecule has 1 fully saturated rings. The predicted octanol–water partition coefficient (Wildman–Crippen LogP) is 2.62. The van der Waals surface area contributed by atoms with E-state index in [9.17, 15) is 4.39 Å². The summed E-state index contributed by atoms with van der Waals surface area (Å²) >= 11 is 0. The lowest BCUT2D eigenvalue weighted by Crippen LogP contribution is -2.46. The molecule has 0 amide bonds. The van der Waals surface area contributed by atoms with Gasteiger partial charge in [-0.15, -0.1) is 0 Å². The van der Waals surface area contributed by atoms with Crippen LogP contribution in [0, 0.1) is 5.82 Å². The van der Waals surface area contributed by atoms with Gasteiger partial charge >= 0.3 is 0 Å². The molecule has 2 aromatic carbocycles. The molecule has 1 unspecified atom stereocenters. The van der Waals surface area contributed by atoms with Gasteiger partial charge in [0.05, 0.1) is 26.4 Å². The van der Waals surface area contributed by atoms with Crippen molar-refractivity contribution in [3.05, 3.63) is 65.5 Å². The summed E-state index contributed by atoms with van der Waals surface area (Å²) in [7, 11) is 3.44. The molecule has 2 N–H and O–H groups in total. The van der Waals surface area contributed by atoms with E-state index < -0.39 is 0 Å². The summed E-state index contributed by atoms with van der Waals surface area (Å²) in [6.07, 6.45) is 0.864. The first-order valence-electron chi connectivity index (χ1n) is 10.3. The van der Waals surface area contributed by atoms with Crippen LogP contribution >= 0.6 is 0 Å². The van der Waals surface area contributed by atoms with Gasteiger partial charge in [0, 0.05) is 33.2 Å². The van der Waals surface area contributed by atoms with Gasteiger partial charge in [0.2, 0.25) is 0 Å². The third-order valence-corrected chi connectivity index (χ3v) is 5.27. The molecule has 6 nitrogen and oxygen atoms in total. The molecule has 2 aromatic rings. The van der Waals surface area contributed by atoms with Crippen molar-refractivity contribution in [1.82, 2.24) is 15.5 Å². The SMILES string of the molecule is CN=C(NCCc1cccc(OC)c1)NCC(c1ccc(F)cc1)N1CCOCC1. The molecule has 162 valence electrons. The summed E-state index contributed by atoms with van der Waals surface area (Å²) < 4.78 is 24.2. The maximum absolute atomic E-state index is 13.4. The Morgan fingerprint density at radius 2 is 1.93 bits per heavy atom. The summed E-state index contributed by atoms with van der Waals surface area (Å²) in [4.78, 5) is 6.71. The van der Waals surface area contributed by atoms with Gasteiger partial charge in [-0.05, 0) is 41.8 Å². The fourth-order valence-corrected chi connectivity index (χ4v) is 3.60. The van der Waals surface area contributed by atoms with Crippen molar-refractivity contribution in [3.8, 4) is 5.75 Å². The van der Waals surface area contributed by atoms with Crippen LogP contribution in [0.15, 0.2) is 53.5 Å². The molecule has 7 heteroatoms. The maximum Gasteiger partial charge on any atom is 0.191 e. The molecule has 1 aliphatic heterocycles. The molecular formula is C23H31FN4O2. The average Bonchev–Trinajstić information content (AvgIpc) is 2.80. The topological polar surface area (TPSA) is 58.1 Å². The Kier molecular flexibility index (Phi) is 8.47. The van der Waals surface area contributed by atoms with Crippen molar-refractivity contribution < 1.29 is 13.9 Å². The van der Waals surface area contributed by atoms with E-state index in [1.54, 1.807) is 14.2 Å². The molecule has 0 aromatic heterocycles. The highest BCUT2D eigenvalue weighted by molar-refractivity contribution is 5.79. The zero-order chi connectivity index (χ0) is 21.2. The van der Waals surface area contributed by atoms with Crippen LogP contribution in [0.3, 0.4) is 0 Å². The third kappa shape index (κ3) is 6.43. The Hall–Kier alpha value is -2.64. The summed E-state index contributed by atoms with van der Waals surface area (Å²) in [6, 6.07) is 14.9. The number of nitrogens with one attached hydrogen (secondary N) is 2. The Bertz CT molecular complexity index is 807. The van der Waals surface area contributed by atoms with Crippen LogP contribution < -0.4 is 15.4 Å². The standard InChI is InChI=1S/C23H31FN4O2/c1-25-23(26-11-10-18-4-3-5-21(16-18)29-2)27-17-22(28-12-14-30-15-13-28)19-6-8-20(24)9-7-19/h3-9,16,22H,10-15,17H2,1-2H3,(H2,25,26,27). The lowest BCUT2D eigenvalue weighted by Gasteiger charge is -2.35. The number of guanidine groups is 1. The van der Waals surface area contributed by atoms with E-state index in [0.29, 0.717) is 19.8 Å². The number of nitrogens with zero attached hydrogens (tertiary/aromatic N) is 2. The van der Waals surface area contributed by atoms with E-state index in [4.69, 9.17) is 9.47 Å². The van der Waals surface area contributed by atoms with Crippen molar-refractivity contribution in [2.45, 2.75) is 12.5 Å². The number of ether oxygens (including phenoxy) is 2. The Morgan fingerprint density at radius 1 is 1.17 bits per heavy atom. The molecule has 0 spiro atoms. The van der Waals surface area contributed by atoms with Gasteiger partial charge in [0.15, 0.2) is 5.96 Å². The largest absolute Gasteiger partial charge is 0.497 e. The van der Waals surface area contributed by atoms with Crippen molar-refractivity contribution in [2.24, 2.45) is 4.99 Å². The second kappa shape index (κ2) is 11.5. The quantitative estimate of drug-likeness (QED) is 0.514. The molecule has 0 saturated carbocycles. The number of rotatable bonds is 8. The van der Waals surface area contributed by atoms with Gasteiger partial charge in [-0.25, -0.2) is 4.39 Å². The fourth-order valence-electron chi connectivity index (χ4n) is 3.60. The maximum atomic E-state index is 13.4. The van der Waals surface area contributed by atoms with E-state index in [1.807, 2.05) is 30.3 Å². The number of benzene rings is 2. The molecule has 30 heavy (non-hydrogen) atoms. The first-order valence-corrected chi connectivity index (χ1v) is 10.3. The third-order valence-electron chi connectivity index (χ3n) is 5.27. The highest BCUT2D eigenvalue weighted by Gasteiger charge is 2.23. The van der Waals surface area contributed by atoms with E-state index in [2.05, 4.69) is 26.6 Å². The van der Waals surface area contributed by atoms with Crippen LogP contribution in [-0.2, 0) is 11.2 Å². The second-order valence-corrected chi connectivity index (χ2v) is 7.20. The van der Waals surface area contributed by atoms with Crippen molar-refractivity contribution in [1.29, 1.82) is 0 Å². The first-order chi connectivity index (χ1) is 14.7. The smallest absolute Gasteiger partial charge is 0.191 e. The minimum absolute atomic E-state index is 0.117. The summed E-state index contributed by atoms with van der Waals surface area (Å²) in [6.45, 7) is 4.56. The van der Waals surface area contributed by atoms with Gasteiger partial charge in [0.1, 0.15) is 11.6 Å². The van der Waals surface area contributed by atoms with Crippen LogP contribution in [0.5, 0.6) is 5.75 Å². The number of hydrogen-bond acceptors (Lipinski definition) is 4. The lowest BCUT2D eigenvalue weighted by molar-refractivity contribution is 0.0170. The second-order valence-electron chi connectivity index (χ2n) is 7.20. The Morgan fingerprint density at radius 3 is 2.63 bits per heavy atom. The van der Waals surface area contributed by atoms with Gasteiger partial charge in [0.25, 0.3) is 0 Å². The Balaban J connectivity index is 1.56. The van der Waals surface area contributed by atoms with Crippen molar-refractivity contribution in [2.75, 3.05) is 53.6 Å². The number of aliphatic imine (C=N–C) groups is 1. The molecule has 1 atom stereocenters. The van der Waals surface area contributed by atoms with E-state index >= 15 is 0 Å². The van der Waals surface area contributed by atoms with Gasteiger partial charge in [-0.1, -0.05) is 24.3 Å². The van der Waals surface area contributed by atoms with Gasteiger partial charge < -0.3 is 20.1 Å². The van der Waals surface area contributed by atoms with E-state index in [-0.39, 0.29) is 11.9 Å². The minimum atomic E-state index is -0.220. The zero-order valence-electron chi connectivity index (χ0n) is 17.7. The predicted molar refractivity (Wildman–Crippen MR) is 118 cm³/mol. The van der Waals surface area contributed by atoms with Crippen LogP contribution in [0.1, 0.15) is 17.2 Å². The molecular weight excluding hydrogens is 383 g/mol. The zero-order valence-corrected chi connectivity index (χ0v) is 17.7. The molecule has 0 bridgehead atoms. The van der Waals surface area contributed by atoms with Crippen LogP contribution in [-0.4, -0.2) is 64.4 Å². The Labute approximate surface area is 178 Å². The van der Waals surface area contributed by atoms with Crippen molar-refractivity contribution in [3.63, 3.8) is 0 Å². The molecule has 1 heterocycles. The lowest BCUT2D eigenvalue weighted by atomic mass is 10.0. The first kappa shape index (κ1) is 22.1. The van der Waals surface area contributed by atoms with Crippen LogP contribution in [0.2, 0.25) is 0 Å². The molecule has 0 radical (unpaired) electrons. The normalized spacial score (nSPS) is 16.2. The van der Waals surface area contributed by atoms with Crippen molar-refractivity contribution >= 4 is 5.96 Å². The summed E-state index contributed by atoms with van der Waals surface area (Å²) in [5.41, 5.74) is 2.28.